The van der Waals surface area contributed by atoms with Crippen LogP contribution in [0.4, 0.5) is 14.5 Å². The van der Waals surface area contributed by atoms with Crippen molar-refractivity contribution in [2.45, 2.75) is 23.8 Å². The zero-order valence-electron chi connectivity index (χ0n) is 30.0. The molecule has 0 fully saturated rings. The number of nitrogens with zero attached hydrogens (tertiary/aromatic N) is 7. The Hall–Kier alpha value is -6.73. The Kier molecular flexibility index (Phi) is 11.1. The second kappa shape index (κ2) is 15.9. The average Bonchev–Trinajstić information content (AvgIpc) is 3.18. The Labute approximate surface area is 317 Å². The Bertz CT molecular complexity index is 2690. The standard InChI is InChI=1S/C37H33F2N9O7S/c1-46(2)13-11-33-42-17-22(18-43-33)21-4-8-25(9-5-21)56(54,55)45-30-16-28(38)27(15-29(30)39)34(49)44-31(36(51)52)14-23-6-7-24(19-41-23)48-35(50)26-10-12-40-20-32(26)47(3)37(48)53/h4-10,12,15-20,31,45H,11,13-14H2,1-3H3,(H,44,49)(H,51,52)/t31-/m0/s1. The summed E-state index contributed by atoms with van der Waals surface area (Å²) in [5.74, 6) is -4.82. The lowest BCUT2D eigenvalue weighted by Gasteiger charge is -2.16. The van der Waals surface area contributed by atoms with E-state index in [0.717, 1.165) is 11.1 Å². The molecule has 288 valence electrons. The zero-order chi connectivity index (χ0) is 40.3. The molecule has 1 atom stereocenters. The van der Waals surface area contributed by atoms with Gasteiger partial charge in [-0.15, -0.1) is 0 Å². The van der Waals surface area contributed by atoms with Gasteiger partial charge in [-0.2, -0.15) is 0 Å². The van der Waals surface area contributed by atoms with E-state index in [2.05, 4.69) is 25.3 Å². The monoisotopic (exact) mass is 785 g/mol. The molecule has 0 saturated heterocycles. The molecule has 1 amide bonds. The van der Waals surface area contributed by atoms with Gasteiger partial charge < -0.3 is 15.3 Å². The van der Waals surface area contributed by atoms with E-state index in [4.69, 9.17) is 0 Å². The molecule has 2 aromatic carbocycles. The third-order valence-electron chi connectivity index (χ3n) is 8.69. The molecule has 6 aromatic rings. The summed E-state index contributed by atoms with van der Waals surface area (Å²) in [4.78, 5) is 69.6. The number of carbonyl (C=O) groups is 2. The van der Waals surface area contributed by atoms with Gasteiger partial charge in [0.1, 0.15) is 23.5 Å². The van der Waals surface area contributed by atoms with Crippen LogP contribution in [0.2, 0.25) is 0 Å². The van der Waals surface area contributed by atoms with E-state index in [0.29, 0.717) is 41.0 Å². The predicted octanol–water partition coefficient (Wildman–Crippen LogP) is 2.55. The Morgan fingerprint density at radius 3 is 2.27 bits per heavy atom. The molecular formula is C37H33F2N9O7S. The molecule has 0 saturated carbocycles. The van der Waals surface area contributed by atoms with Gasteiger partial charge in [0, 0.05) is 62.3 Å². The molecular weight excluding hydrogens is 753 g/mol. The summed E-state index contributed by atoms with van der Waals surface area (Å²) in [6, 6.07) is 8.95. The van der Waals surface area contributed by atoms with E-state index in [-0.39, 0.29) is 21.7 Å². The van der Waals surface area contributed by atoms with Crippen molar-refractivity contribution in [1.82, 2.24) is 39.3 Å². The molecule has 16 nitrogen and oxygen atoms in total. The first-order valence-corrected chi connectivity index (χ1v) is 18.2. The molecule has 3 N–H and O–H groups in total. The van der Waals surface area contributed by atoms with Crippen molar-refractivity contribution in [3.8, 4) is 16.8 Å². The number of hydrogen-bond acceptors (Lipinski definition) is 11. The van der Waals surface area contributed by atoms with Crippen LogP contribution in [0.3, 0.4) is 0 Å². The first kappa shape index (κ1) is 39.0. The minimum Gasteiger partial charge on any atom is -0.480 e. The largest absolute Gasteiger partial charge is 0.480 e. The van der Waals surface area contributed by atoms with Crippen molar-refractivity contribution in [3.63, 3.8) is 0 Å². The molecule has 0 aliphatic rings. The van der Waals surface area contributed by atoms with Crippen LogP contribution >= 0.6 is 0 Å². The van der Waals surface area contributed by atoms with Crippen molar-refractivity contribution < 1.29 is 31.9 Å². The van der Waals surface area contributed by atoms with Crippen LogP contribution in [0.25, 0.3) is 27.7 Å². The lowest BCUT2D eigenvalue weighted by molar-refractivity contribution is -0.139. The number of anilines is 1. The SMILES string of the molecule is CN(C)CCc1ncc(-c2ccc(S(=O)(=O)Nc3cc(F)c(C(=O)N[C@@H](Cc4ccc(-n5c(=O)c6ccncc6n(C)c5=O)cn4)C(=O)O)cc3F)cc2)cn1. The summed E-state index contributed by atoms with van der Waals surface area (Å²) in [7, 11) is 0.913. The Morgan fingerprint density at radius 1 is 0.911 bits per heavy atom. The number of halogens is 2. The van der Waals surface area contributed by atoms with E-state index >= 15 is 8.78 Å². The maximum atomic E-state index is 15.2. The van der Waals surface area contributed by atoms with E-state index in [1.165, 1.54) is 72.7 Å². The predicted molar refractivity (Wildman–Crippen MR) is 200 cm³/mol. The average molecular weight is 786 g/mol. The quantitative estimate of drug-likeness (QED) is 0.154. The maximum Gasteiger partial charge on any atom is 0.335 e. The fourth-order valence-electron chi connectivity index (χ4n) is 5.62. The number of nitrogens with one attached hydrogen (secondary N) is 2. The highest BCUT2D eigenvalue weighted by atomic mass is 32.2. The first-order chi connectivity index (χ1) is 26.6. The number of benzene rings is 2. The number of amides is 1. The smallest absolute Gasteiger partial charge is 0.335 e. The maximum absolute atomic E-state index is 15.2. The topological polar surface area (TPSA) is 211 Å². The van der Waals surface area contributed by atoms with E-state index in [1.54, 1.807) is 12.4 Å². The van der Waals surface area contributed by atoms with Crippen LogP contribution in [0.5, 0.6) is 0 Å². The third-order valence-corrected chi connectivity index (χ3v) is 10.1. The number of carboxylic acids is 1. The van der Waals surface area contributed by atoms with Crippen LogP contribution in [0, 0.1) is 11.6 Å². The first-order valence-electron chi connectivity index (χ1n) is 16.8. The second-order valence-electron chi connectivity index (χ2n) is 12.8. The Morgan fingerprint density at radius 2 is 1.62 bits per heavy atom. The molecule has 0 unspecified atom stereocenters. The van der Waals surface area contributed by atoms with E-state index in [1.807, 2.05) is 23.7 Å². The molecule has 6 rings (SSSR count). The van der Waals surface area contributed by atoms with Gasteiger partial charge in [-0.1, -0.05) is 12.1 Å². The summed E-state index contributed by atoms with van der Waals surface area (Å²) >= 11 is 0. The lowest BCUT2D eigenvalue weighted by Crippen LogP contribution is -2.42. The van der Waals surface area contributed by atoms with Crippen LogP contribution in [0.15, 0.2) is 100 Å². The number of aliphatic carboxylic acids is 1. The number of fused-ring (bicyclic) bond motifs is 1. The number of aryl methyl sites for hydroxylation is 1. The Balaban J connectivity index is 1.13. The number of carbonyl (C=O) groups excluding carboxylic acids is 1. The minimum atomic E-state index is -4.43. The number of likely N-dealkylation sites (N-methyl/N-ethyl adjacent to an activating group) is 1. The van der Waals surface area contributed by atoms with Crippen LogP contribution < -0.4 is 21.3 Å². The fourth-order valence-corrected chi connectivity index (χ4v) is 6.68. The third kappa shape index (κ3) is 8.32. The van der Waals surface area contributed by atoms with Gasteiger partial charge in [0.25, 0.3) is 21.5 Å². The van der Waals surface area contributed by atoms with Gasteiger partial charge in [0.15, 0.2) is 0 Å². The highest BCUT2D eigenvalue weighted by molar-refractivity contribution is 7.92. The van der Waals surface area contributed by atoms with E-state index < -0.39 is 68.5 Å². The van der Waals surface area contributed by atoms with Gasteiger partial charge in [0.2, 0.25) is 0 Å². The van der Waals surface area contributed by atoms with Gasteiger partial charge in [-0.25, -0.2) is 41.3 Å². The molecule has 4 heterocycles. The second-order valence-corrected chi connectivity index (χ2v) is 14.5. The summed E-state index contributed by atoms with van der Waals surface area (Å²) in [6.45, 7) is 0.768. The van der Waals surface area contributed by atoms with Crippen molar-refractivity contribution in [1.29, 1.82) is 0 Å². The molecule has 0 bridgehead atoms. The summed E-state index contributed by atoms with van der Waals surface area (Å²) in [5, 5.41) is 12.2. The molecule has 0 aliphatic heterocycles. The van der Waals surface area contributed by atoms with Gasteiger partial charge >= 0.3 is 11.7 Å². The highest BCUT2D eigenvalue weighted by Crippen LogP contribution is 2.25. The zero-order valence-corrected chi connectivity index (χ0v) is 30.8. The summed E-state index contributed by atoms with van der Waals surface area (Å²) < 4.78 is 60.6. The van der Waals surface area contributed by atoms with Crippen molar-refractivity contribution in [3.05, 3.63) is 135 Å². The summed E-state index contributed by atoms with van der Waals surface area (Å²) in [5.41, 5.74) is -1.20. The lowest BCUT2D eigenvalue weighted by atomic mass is 10.1. The molecule has 0 radical (unpaired) electrons. The van der Waals surface area contributed by atoms with Crippen molar-refractivity contribution >= 4 is 38.5 Å². The number of rotatable bonds is 13. The number of hydrogen-bond donors (Lipinski definition) is 3. The fraction of sp³-hybridized carbons (Fsp3) is 0.189. The van der Waals surface area contributed by atoms with Crippen LogP contribution in [-0.2, 0) is 34.7 Å². The highest BCUT2D eigenvalue weighted by Gasteiger charge is 2.26. The van der Waals surface area contributed by atoms with Crippen molar-refractivity contribution in [2.24, 2.45) is 7.05 Å². The summed E-state index contributed by atoms with van der Waals surface area (Å²) in [6.07, 6.45) is 7.42. The van der Waals surface area contributed by atoms with Gasteiger partial charge in [-0.3, -0.25) is 28.8 Å². The normalized spacial score (nSPS) is 12.1. The van der Waals surface area contributed by atoms with Crippen LogP contribution in [-0.4, -0.2) is 86.1 Å². The van der Waals surface area contributed by atoms with Gasteiger partial charge in [-0.05, 0) is 56.1 Å². The van der Waals surface area contributed by atoms with Crippen LogP contribution in [0.1, 0.15) is 21.9 Å². The molecule has 56 heavy (non-hydrogen) atoms. The van der Waals surface area contributed by atoms with Crippen molar-refractivity contribution in [2.75, 3.05) is 25.4 Å². The number of sulfonamides is 1. The number of pyridine rings is 2. The number of carboxylic acid groups (broad SMARTS) is 1. The number of aromatic nitrogens is 6. The molecule has 0 aliphatic carbocycles. The molecule has 0 spiro atoms. The minimum absolute atomic E-state index is 0.0892. The van der Waals surface area contributed by atoms with E-state index in [9.17, 15) is 32.7 Å². The molecule has 19 heteroatoms. The van der Waals surface area contributed by atoms with Gasteiger partial charge in [0.05, 0.1) is 45.1 Å². The molecule has 4 aromatic heterocycles.